The largest absolute Gasteiger partial charge is 0.458 e. The summed E-state index contributed by atoms with van der Waals surface area (Å²) in [6.45, 7) is 5.07. The molecule has 1 unspecified atom stereocenters. The van der Waals surface area contributed by atoms with Gasteiger partial charge in [-0.15, -0.1) is 0 Å². The highest BCUT2D eigenvalue weighted by molar-refractivity contribution is 7.62. The van der Waals surface area contributed by atoms with Crippen molar-refractivity contribution in [3.05, 3.63) is 0 Å². The van der Waals surface area contributed by atoms with Gasteiger partial charge in [-0.2, -0.15) is 0 Å². The van der Waals surface area contributed by atoms with Crippen LogP contribution in [0.5, 0.6) is 0 Å². The third-order valence-corrected chi connectivity index (χ3v) is 3.46. The fourth-order valence-corrected chi connectivity index (χ4v) is 2.35. The summed E-state index contributed by atoms with van der Waals surface area (Å²) in [7, 11) is -2.21. The normalized spacial score (nSPS) is 15.2. The van der Waals surface area contributed by atoms with Gasteiger partial charge in [-0.25, -0.2) is 0 Å². The van der Waals surface area contributed by atoms with E-state index in [0.717, 1.165) is 12.8 Å². The van der Waals surface area contributed by atoms with Crippen LogP contribution in [0.4, 0.5) is 0 Å². The molecule has 3 nitrogen and oxygen atoms in total. The van der Waals surface area contributed by atoms with Crippen LogP contribution >= 0.6 is 7.14 Å². The van der Waals surface area contributed by atoms with Gasteiger partial charge in [0.05, 0.1) is 0 Å². The lowest BCUT2D eigenvalue weighted by atomic mass is 10.4. The molecule has 0 spiro atoms. The predicted octanol–water partition coefficient (Wildman–Crippen LogP) is 2.30. The Morgan fingerprint density at radius 3 is 2.50 bits per heavy atom. The van der Waals surface area contributed by atoms with Crippen LogP contribution in [0.25, 0.3) is 0 Å². The summed E-state index contributed by atoms with van der Waals surface area (Å²) in [6.07, 6.45) is 2.74. The second-order valence-electron chi connectivity index (χ2n) is 3.14. The molecule has 0 aliphatic rings. The van der Waals surface area contributed by atoms with E-state index in [1.807, 2.05) is 6.92 Å². The van der Waals surface area contributed by atoms with E-state index < -0.39 is 7.14 Å². The molecule has 0 amide bonds. The Balaban J connectivity index is 3.71. The van der Waals surface area contributed by atoms with Crippen molar-refractivity contribution in [1.82, 2.24) is 0 Å². The van der Waals surface area contributed by atoms with Crippen LogP contribution in [-0.2, 0) is 14.1 Å². The molecular formula is C8H17O3P. The van der Waals surface area contributed by atoms with Gasteiger partial charge in [0.2, 0.25) is 0 Å². The first-order valence-corrected chi connectivity index (χ1v) is 6.69. The first-order chi connectivity index (χ1) is 5.48. The van der Waals surface area contributed by atoms with Gasteiger partial charge in [0.15, 0.2) is 0 Å². The van der Waals surface area contributed by atoms with Gasteiger partial charge in [0.1, 0.15) is 13.5 Å². The molecule has 0 radical (unpaired) electrons. The first-order valence-electron chi connectivity index (χ1n) is 4.17. The summed E-state index contributed by atoms with van der Waals surface area (Å²) in [5.41, 5.74) is 0. The SMILES string of the molecule is CCCCP(C)(=O)COC(C)=O. The second kappa shape index (κ2) is 5.36. The quantitative estimate of drug-likeness (QED) is 0.495. The standard InChI is InChI=1S/C8H17O3P/c1-4-5-6-12(3,10)7-11-8(2)9/h4-7H2,1-3H3. The van der Waals surface area contributed by atoms with Gasteiger partial charge in [0.25, 0.3) is 0 Å². The Bertz CT molecular complexity index is 189. The highest BCUT2D eigenvalue weighted by atomic mass is 31.2. The van der Waals surface area contributed by atoms with Crippen LogP contribution in [0.2, 0.25) is 0 Å². The number of esters is 1. The van der Waals surface area contributed by atoms with Crippen LogP contribution in [0.1, 0.15) is 26.7 Å². The van der Waals surface area contributed by atoms with Crippen LogP contribution in [0.15, 0.2) is 0 Å². The number of ether oxygens (including phenoxy) is 1. The Hall–Kier alpha value is -0.300. The minimum Gasteiger partial charge on any atom is -0.458 e. The molecule has 0 saturated carbocycles. The minimum absolute atomic E-state index is 0.0995. The zero-order valence-corrected chi connectivity index (χ0v) is 8.89. The number of carbonyl (C=O) groups is 1. The molecule has 0 rings (SSSR count). The zero-order chi connectivity index (χ0) is 9.61. The number of carbonyl (C=O) groups excluding carboxylic acids is 1. The van der Waals surface area contributed by atoms with Crippen molar-refractivity contribution in [3.8, 4) is 0 Å². The van der Waals surface area contributed by atoms with Gasteiger partial charge < -0.3 is 9.30 Å². The molecule has 1 atom stereocenters. The monoisotopic (exact) mass is 192 g/mol. The fourth-order valence-electron chi connectivity index (χ4n) is 0.785. The van der Waals surface area contributed by atoms with Crippen molar-refractivity contribution in [3.63, 3.8) is 0 Å². The van der Waals surface area contributed by atoms with Gasteiger partial charge in [-0.1, -0.05) is 13.3 Å². The van der Waals surface area contributed by atoms with Crippen molar-refractivity contribution in [2.45, 2.75) is 26.7 Å². The minimum atomic E-state index is -2.21. The van der Waals surface area contributed by atoms with Gasteiger partial charge in [-0.3, -0.25) is 4.79 Å². The average molecular weight is 192 g/mol. The van der Waals surface area contributed by atoms with E-state index in [9.17, 15) is 9.36 Å². The van der Waals surface area contributed by atoms with E-state index in [1.54, 1.807) is 6.66 Å². The molecular weight excluding hydrogens is 175 g/mol. The summed E-state index contributed by atoms with van der Waals surface area (Å²) in [5, 5.41) is 0. The van der Waals surface area contributed by atoms with Crippen molar-refractivity contribution >= 4 is 13.1 Å². The molecule has 0 aromatic heterocycles. The van der Waals surface area contributed by atoms with Crippen molar-refractivity contribution in [2.24, 2.45) is 0 Å². The summed E-state index contributed by atoms with van der Waals surface area (Å²) < 4.78 is 16.3. The molecule has 72 valence electrons. The Labute approximate surface area is 73.9 Å². The van der Waals surface area contributed by atoms with Crippen LogP contribution in [0.3, 0.4) is 0 Å². The molecule has 0 aliphatic carbocycles. The molecule has 12 heavy (non-hydrogen) atoms. The molecule has 0 heterocycles. The lowest BCUT2D eigenvalue weighted by molar-refractivity contribution is -0.138. The van der Waals surface area contributed by atoms with Crippen molar-refractivity contribution < 1.29 is 14.1 Å². The summed E-state index contributed by atoms with van der Waals surface area (Å²) >= 11 is 0. The van der Waals surface area contributed by atoms with Gasteiger partial charge in [0, 0.05) is 13.1 Å². The van der Waals surface area contributed by atoms with E-state index >= 15 is 0 Å². The maximum atomic E-state index is 11.6. The van der Waals surface area contributed by atoms with Crippen molar-refractivity contribution in [1.29, 1.82) is 0 Å². The summed E-state index contributed by atoms with van der Waals surface area (Å²) in [6, 6.07) is 0. The third kappa shape index (κ3) is 6.41. The summed E-state index contributed by atoms with van der Waals surface area (Å²) in [4.78, 5) is 10.4. The smallest absolute Gasteiger partial charge is 0.303 e. The van der Waals surface area contributed by atoms with Gasteiger partial charge >= 0.3 is 5.97 Å². The van der Waals surface area contributed by atoms with Gasteiger partial charge in [-0.05, 0) is 13.1 Å². The molecule has 0 N–H and O–H groups in total. The molecule has 0 aromatic rings. The Morgan fingerprint density at radius 1 is 1.50 bits per heavy atom. The van der Waals surface area contributed by atoms with E-state index in [4.69, 9.17) is 4.74 Å². The highest BCUT2D eigenvalue weighted by Gasteiger charge is 2.15. The lowest BCUT2D eigenvalue weighted by Crippen LogP contribution is -2.03. The third-order valence-electron chi connectivity index (χ3n) is 1.53. The molecule has 0 aromatic carbocycles. The van der Waals surface area contributed by atoms with E-state index in [0.29, 0.717) is 6.16 Å². The summed E-state index contributed by atoms with van der Waals surface area (Å²) in [5.74, 6) is -0.353. The van der Waals surface area contributed by atoms with Crippen molar-refractivity contribution in [2.75, 3.05) is 19.2 Å². The molecule has 0 bridgehead atoms. The van der Waals surface area contributed by atoms with E-state index in [1.165, 1.54) is 6.92 Å². The molecule has 4 heteroatoms. The second-order valence-corrected chi connectivity index (χ2v) is 6.44. The topological polar surface area (TPSA) is 43.4 Å². The Morgan fingerprint density at radius 2 is 2.08 bits per heavy atom. The predicted molar refractivity (Wildman–Crippen MR) is 49.9 cm³/mol. The molecule has 0 fully saturated rings. The number of hydrogen-bond donors (Lipinski definition) is 0. The lowest BCUT2D eigenvalue weighted by Gasteiger charge is -2.11. The first kappa shape index (κ1) is 11.7. The molecule has 0 aliphatic heterocycles. The Kier molecular flexibility index (Phi) is 5.23. The number of rotatable bonds is 5. The number of hydrogen-bond acceptors (Lipinski definition) is 3. The zero-order valence-electron chi connectivity index (χ0n) is 8.00. The maximum absolute atomic E-state index is 11.6. The number of unbranched alkanes of at least 4 members (excludes halogenated alkanes) is 1. The van der Waals surface area contributed by atoms with E-state index in [-0.39, 0.29) is 12.3 Å². The average Bonchev–Trinajstić information content (AvgIpc) is 1.98. The van der Waals surface area contributed by atoms with Crippen LogP contribution in [0, 0.1) is 0 Å². The fraction of sp³-hybridized carbons (Fsp3) is 0.875. The van der Waals surface area contributed by atoms with Crippen LogP contribution < -0.4 is 0 Å². The van der Waals surface area contributed by atoms with Crippen LogP contribution in [-0.4, -0.2) is 25.1 Å². The maximum Gasteiger partial charge on any atom is 0.303 e. The highest BCUT2D eigenvalue weighted by Crippen LogP contribution is 2.41. The van der Waals surface area contributed by atoms with E-state index in [2.05, 4.69) is 0 Å². The molecule has 0 saturated heterocycles.